The third-order valence-corrected chi connectivity index (χ3v) is 4.00. The molecule has 0 bridgehead atoms. The van der Waals surface area contributed by atoms with E-state index in [0.717, 1.165) is 35.4 Å². The second-order valence-electron chi connectivity index (χ2n) is 5.72. The molecule has 5 heteroatoms. The van der Waals surface area contributed by atoms with Gasteiger partial charge < -0.3 is 10.6 Å². The lowest BCUT2D eigenvalue weighted by molar-refractivity contribution is 0.626. The summed E-state index contributed by atoms with van der Waals surface area (Å²) in [7, 11) is 1.74. The van der Waals surface area contributed by atoms with Crippen molar-refractivity contribution in [3.05, 3.63) is 77.7 Å². The molecule has 3 rings (SSSR count). The number of pyridine rings is 1. The Kier molecular flexibility index (Phi) is 5.57. The van der Waals surface area contributed by atoms with Crippen LogP contribution in [0.25, 0.3) is 10.9 Å². The van der Waals surface area contributed by atoms with Crippen molar-refractivity contribution in [1.82, 2.24) is 15.6 Å². The van der Waals surface area contributed by atoms with E-state index in [-0.39, 0.29) is 5.82 Å². The van der Waals surface area contributed by atoms with Crippen molar-refractivity contribution in [2.24, 2.45) is 4.99 Å². The molecule has 0 fully saturated rings. The maximum atomic E-state index is 12.9. The molecule has 25 heavy (non-hydrogen) atoms. The van der Waals surface area contributed by atoms with Crippen LogP contribution in [-0.2, 0) is 13.0 Å². The van der Waals surface area contributed by atoms with Gasteiger partial charge in [0.05, 0.1) is 5.52 Å². The average Bonchev–Trinajstić information content (AvgIpc) is 2.66. The van der Waals surface area contributed by atoms with E-state index in [2.05, 4.69) is 44.9 Å². The van der Waals surface area contributed by atoms with Gasteiger partial charge in [-0.05, 0) is 35.7 Å². The number of nitrogens with one attached hydrogen (secondary N) is 2. The lowest BCUT2D eigenvalue weighted by Crippen LogP contribution is -2.37. The summed E-state index contributed by atoms with van der Waals surface area (Å²) in [6.45, 7) is 1.34. The van der Waals surface area contributed by atoms with Crippen LogP contribution >= 0.6 is 0 Å². The van der Waals surface area contributed by atoms with Crippen molar-refractivity contribution in [2.75, 3.05) is 13.6 Å². The molecule has 0 aliphatic rings. The van der Waals surface area contributed by atoms with Crippen molar-refractivity contribution in [2.45, 2.75) is 13.0 Å². The maximum Gasteiger partial charge on any atom is 0.191 e. The lowest BCUT2D eigenvalue weighted by Gasteiger charge is -2.12. The van der Waals surface area contributed by atoms with Crippen LogP contribution in [0, 0.1) is 5.82 Å². The van der Waals surface area contributed by atoms with Gasteiger partial charge in [0, 0.05) is 31.7 Å². The first kappa shape index (κ1) is 16.9. The van der Waals surface area contributed by atoms with Crippen LogP contribution in [-0.4, -0.2) is 24.5 Å². The van der Waals surface area contributed by atoms with Gasteiger partial charge in [-0.2, -0.15) is 0 Å². The second kappa shape index (κ2) is 8.24. The van der Waals surface area contributed by atoms with E-state index in [1.807, 2.05) is 12.3 Å². The van der Waals surface area contributed by atoms with Gasteiger partial charge in [0.15, 0.2) is 5.96 Å². The Hall–Kier alpha value is -2.95. The van der Waals surface area contributed by atoms with Crippen molar-refractivity contribution >= 4 is 16.9 Å². The van der Waals surface area contributed by atoms with Gasteiger partial charge >= 0.3 is 0 Å². The zero-order valence-electron chi connectivity index (χ0n) is 14.2. The summed E-state index contributed by atoms with van der Waals surface area (Å²) in [6, 6.07) is 16.7. The molecule has 0 atom stereocenters. The largest absolute Gasteiger partial charge is 0.356 e. The topological polar surface area (TPSA) is 49.3 Å². The van der Waals surface area contributed by atoms with Gasteiger partial charge in [-0.25, -0.2) is 4.39 Å². The Morgan fingerprint density at radius 3 is 2.64 bits per heavy atom. The Morgan fingerprint density at radius 1 is 1.04 bits per heavy atom. The molecule has 0 aliphatic heterocycles. The highest BCUT2D eigenvalue weighted by molar-refractivity contribution is 5.82. The average molecular weight is 336 g/mol. The van der Waals surface area contributed by atoms with Gasteiger partial charge in [0.25, 0.3) is 0 Å². The van der Waals surface area contributed by atoms with E-state index >= 15 is 0 Å². The molecule has 0 amide bonds. The predicted octanol–water partition coefficient (Wildman–Crippen LogP) is 3.28. The Labute approximate surface area is 146 Å². The molecule has 0 spiro atoms. The van der Waals surface area contributed by atoms with E-state index in [0.29, 0.717) is 6.54 Å². The number of rotatable bonds is 5. The summed E-state index contributed by atoms with van der Waals surface area (Å²) < 4.78 is 12.9. The van der Waals surface area contributed by atoms with Crippen molar-refractivity contribution in [1.29, 1.82) is 0 Å². The van der Waals surface area contributed by atoms with Gasteiger partial charge in [0.1, 0.15) is 5.82 Å². The minimum Gasteiger partial charge on any atom is -0.356 e. The molecule has 2 N–H and O–H groups in total. The van der Waals surface area contributed by atoms with Gasteiger partial charge in [0.2, 0.25) is 0 Å². The monoisotopic (exact) mass is 336 g/mol. The fraction of sp³-hybridized carbons (Fsp3) is 0.200. The molecular weight excluding hydrogens is 315 g/mol. The minimum absolute atomic E-state index is 0.227. The first-order valence-corrected chi connectivity index (χ1v) is 8.28. The molecule has 2 aromatic carbocycles. The highest BCUT2D eigenvalue weighted by Crippen LogP contribution is 2.15. The predicted molar refractivity (Wildman–Crippen MR) is 100 cm³/mol. The number of aromatic nitrogens is 1. The standard InChI is InChI=1S/C20H21FN4/c1-22-20(25-14-15-7-9-18(21)10-8-15)24-13-11-17-5-2-4-16-6-3-12-23-19(16)17/h2-10,12H,11,13-14H2,1H3,(H2,22,24,25). The highest BCUT2D eigenvalue weighted by atomic mass is 19.1. The van der Waals surface area contributed by atoms with Crippen molar-refractivity contribution in [3.63, 3.8) is 0 Å². The number of fused-ring (bicyclic) bond motifs is 1. The highest BCUT2D eigenvalue weighted by Gasteiger charge is 2.03. The third kappa shape index (κ3) is 4.53. The summed E-state index contributed by atoms with van der Waals surface area (Å²) in [6.07, 6.45) is 2.67. The minimum atomic E-state index is -0.227. The summed E-state index contributed by atoms with van der Waals surface area (Å²) in [5.74, 6) is 0.493. The van der Waals surface area contributed by atoms with Crippen LogP contribution in [0.4, 0.5) is 4.39 Å². The number of aliphatic imine (C=N–C) groups is 1. The zero-order valence-corrected chi connectivity index (χ0v) is 14.2. The van der Waals surface area contributed by atoms with E-state index in [9.17, 15) is 4.39 Å². The van der Waals surface area contributed by atoms with E-state index < -0.39 is 0 Å². The van der Waals surface area contributed by atoms with Crippen molar-refractivity contribution in [3.8, 4) is 0 Å². The van der Waals surface area contributed by atoms with Gasteiger partial charge in [-0.15, -0.1) is 0 Å². The summed E-state index contributed by atoms with van der Waals surface area (Å²) in [5.41, 5.74) is 3.25. The number of hydrogen-bond acceptors (Lipinski definition) is 2. The molecule has 0 aliphatic carbocycles. The number of halogens is 1. The zero-order chi connectivity index (χ0) is 17.5. The molecule has 0 saturated carbocycles. The normalized spacial score (nSPS) is 11.5. The second-order valence-corrected chi connectivity index (χ2v) is 5.72. The maximum absolute atomic E-state index is 12.9. The molecular formula is C20H21FN4. The fourth-order valence-electron chi connectivity index (χ4n) is 2.69. The first-order chi connectivity index (χ1) is 12.3. The van der Waals surface area contributed by atoms with Crippen LogP contribution in [0.5, 0.6) is 0 Å². The Morgan fingerprint density at radius 2 is 1.84 bits per heavy atom. The van der Waals surface area contributed by atoms with Crippen molar-refractivity contribution < 1.29 is 4.39 Å². The number of nitrogens with zero attached hydrogens (tertiary/aromatic N) is 2. The van der Waals surface area contributed by atoms with Gasteiger partial charge in [-0.3, -0.25) is 9.98 Å². The van der Waals surface area contributed by atoms with E-state index in [1.54, 1.807) is 19.2 Å². The van der Waals surface area contributed by atoms with Crippen LogP contribution in [0.15, 0.2) is 65.8 Å². The molecule has 0 unspecified atom stereocenters. The molecule has 128 valence electrons. The number of benzene rings is 2. The first-order valence-electron chi connectivity index (χ1n) is 8.28. The number of hydrogen-bond donors (Lipinski definition) is 2. The quantitative estimate of drug-likeness (QED) is 0.555. The molecule has 0 saturated heterocycles. The molecule has 4 nitrogen and oxygen atoms in total. The van der Waals surface area contributed by atoms with Gasteiger partial charge in [-0.1, -0.05) is 36.4 Å². The summed E-state index contributed by atoms with van der Waals surface area (Å²) in [4.78, 5) is 8.70. The van der Waals surface area contributed by atoms with Crippen LogP contribution in [0.1, 0.15) is 11.1 Å². The van der Waals surface area contributed by atoms with E-state index in [1.165, 1.54) is 17.7 Å². The molecule has 0 radical (unpaired) electrons. The molecule has 3 aromatic rings. The van der Waals surface area contributed by atoms with Crippen LogP contribution in [0.2, 0.25) is 0 Å². The van der Waals surface area contributed by atoms with E-state index in [4.69, 9.17) is 0 Å². The fourth-order valence-corrected chi connectivity index (χ4v) is 2.69. The number of guanidine groups is 1. The summed E-state index contributed by atoms with van der Waals surface area (Å²) >= 11 is 0. The smallest absolute Gasteiger partial charge is 0.191 e. The number of para-hydroxylation sites is 1. The Bertz CT molecular complexity index is 854. The van der Waals surface area contributed by atoms with Crippen LogP contribution < -0.4 is 10.6 Å². The SMILES string of the molecule is CN=C(NCCc1cccc2cccnc12)NCc1ccc(F)cc1. The lowest BCUT2D eigenvalue weighted by atomic mass is 10.1. The molecule has 1 heterocycles. The Balaban J connectivity index is 1.53. The summed E-state index contributed by atoms with van der Waals surface area (Å²) in [5, 5.41) is 7.68. The third-order valence-electron chi connectivity index (χ3n) is 4.00. The molecule has 1 aromatic heterocycles. The van der Waals surface area contributed by atoms with Crippen LogP contribution in [0.3, 0.4) is 0 Å².